The Labute approximate surface area is 198 Å². The molecule has 0 spiro atoms. The van der Waals surface area contributed by atoms with Crippen molar-refractivity contribution < 1.29 is 14.6 Å². The molecule has 6 nitrogen and oxygen atoms in total. The predicted molar refractivity (Wildman–Crippen MR) is 130 cm³/mol. The molecule has 1 aliphatic rings. The summed E-state index contributed by atoms with van der Waals surface area (Å²) in [6.45, 7) is 0.321. The van der Waals surface area contributed by atoms with Gasteiger partial charge in [-0.1, -0.05) is 84.1 Å². The van der Waals surface area contributed by atoms with Crippen LogP contribution in [0.15, 0.2) is 90.6 Å². The highest BCUT2D eigenvalue weighted by Crippen LogP contribution is 2.33. The molecule has 6 heteroatoms. The Morgan fingerprint density at radius 1 is 0.941 bits per heavy atom. The highest BCUT2D eigenvalue weighted by Gasteiger charge is 2.21. The maximum Gasteiger partial charge on any atom is 0.341 e. The smallest absolute Gasteiger partial charge is 0.341 e. The van der Waals surface area contributed by atoms with Gasteiger partial charge in [-0.2, -0.15) is 0 Å². The van der Waals surface area contributed by atoms with Crippen molar-refractivity contribution in [3.05, 3.63) is 119 Å². The van der Waals surface area contributed by atoms with Crippen molar-refractivity contribution in [1.82, 2.24) is 15.0 Å². The minimum Gasteiger partial charge on any atom is -0.482 e. The predicted octanol–water partition coefficient (Wildman–Crippen LogP) is 4.95. The molecule has 4 aromatic rings. The number of rotatable bonds is 8. The highest BCUT2D eigenvalue weighted by atomic mass is 16.5. The summed E-state index contributed by atoms with van der Waals surface area (Å²) in [6, 6.07) is 26.5. The van der Waals surface area contributed by atoms with E-state index in [4.69, 9.17) is 9.84 Å². The fourth-order valence-corrected chi connectivity index (χ4v) is 4.52. The molecule has 0 unspecified atom stereocenters. The number of ether oxygens (including phenoxy) is 1. The van der Waals surface area contributed by atoms with Crippen molar-refractivity contribution in [2.24, 2.45) is 0 Å². The Balaban J connectivity index is 1.38. The van der Waals surface area contributed by atoms with Gasteiger partial charge in [0.2, 0.25) is 0 Å². The highest BCUT2D eigenvalue weighted by molar-refractivity contribution is 5.69. The number of nitrogens with zero attached hydrogens (tertiary/aromatic N) is 3. The van der Waals surface area contributed by atoms with Crippen LogP contribution < -0.4 is 4.74 Å². The molecule has 0 radical (unpaired) electrons. The average molecular weight is 452 g/mol. The average Bonchev–Trinajstić information content (AvgIpc) is 3.31. The van der Waals surface area contributed by atoms with Crippen molar-refractivity contribution in [1.29, 1.82) is 0 Å². The third kappa shape index (κ3) is 4.76. The van der Waals surface area contributed by atoms with E-state index < -0.39 is 5.97 Å². The maximum atomic E-state index is 10.9. The van der Waals surface area contributed by atoms with E-state index in [1.165, 1.54) is 16.7 Å². The minimum atomic E-state index is -0.976. The summed E-state index contributed by atoms with van der Waals surface area (Å²) in [5.74, 6) is -0.311. The summed E-state index contributed by atoms with van der Waals surface area (Å²) in [4.78, 5) is 10.9. The molecule has 5 rings (SSSR count). The molecule has 3 aromatic carbocycles. The van der Waals surface area contributed by atoms with Gasteiger partial charge in [0.1, 0.15) is 5.75 Å². The van der Waals surface area contributed by atoms with E-state index in [0.717, 1.165) is 29.7 Å². The number of hydrogen-bond acceptors (Lipinski definition) is 4. The summed E-state index contributed by atoms with van der Waals surface area (Å²) in [7, 11) is 0. The molecule has 0 fully saturated rings. The minimum absolute atomic E-state index is 0.0196. The number of carboxylic acid groups (broad SMARTS) is 1. The first-order valence-electron chi connectivity index (χ1n) is 11.3. The zero-order chi connectivity index (χ0) is 23.3. The molecule has 1 N–H and O–H groups in total. The fourth-order valence-electron chi connectivity index (χ4n) is 4.52. The van der Waals surface area contributed by atoms with Crippen molar-refractivity contribution >= 4 is 12.0 Å². The number of aromatic nitrogens is 3. The first kappa shape index (κ1) is 21.6. The van der Waals surface area contributed by atoms with Crippen LogP contribution in [0.1, 0.15) is 40.3 Å². The molecule has 0 aliphatic heterocycles. The van der Waals surface area contributed by atoms with Gasteiger partial charge in [-0.3, -0.25) is 0 Å². The van der Waals surface area contributed by atoms with Gasteiger partial charge in [0, 0.05) is 11.8 Å². The van der Waals surface area contributed by atoms with Crippen LogP contribution in [0.3, 0.4) is 0 Å². The standard InChI is InChI=1S/C28H25N3O3/c32-27(33)19-34-26-13-7-12-23-16-20(14-15-24(23)26)17-31-18-25(29-30-31)28(21-8-3-1-4-9-21)22-10-5-2-6-11-22/h1-13,16,18,28H,14-15,17,19H2,(H,32,33). The van der Waals surface area contributed by atoms with Crippen LogP contribution >= 0.6 is 0 Å². The van der Waals surface area contributed by atoms with Gasteiger partial charge >= 0.3 is 5.97 Å². The lowest BCUT2D eigenvalue weighted by molar-refractivity contribution is -0.139. The molecular weight excluding hydrogens is 426 g/mol. The zero-order valence-corrected chi connectivity index (χ0v) is 18.7. The van der Waals surface area contributed by atoms with Crippen LogP contribution in [0.25, 0.3) is 6.08 Å². The number of carbonyl (C=O) groups is 1. The number of fused-ring (bicyclic) bond motifs is 1. The van der Waals surface area contributed by atoms with E-state index in [0.29, 0.717) is 12.3 Å². The van der Waals surface area contributed by atoms with E-state index in [-0.39, 0.29) is 12.5 Å². The second-order valence-corrected chi connectivity index (χ2v) is 8.40. The Morgan fingerprint density at radius 2 is 1.65 bits per heavy atom. The Hall–Kier alpha value is -4.19. The lowest BCUT2D eigenvalue weighted by Crippen LogP contribution is -2.12. The van der Waals surface area contributed by atoms with E-state index in [2.05, 4.69) is 64.9 Å². The normalized spacial score (nSPS) is 12.8. The van der Waals surface area contributed by atoms with Crippen LogP contribution in [0.4, 0.5) is 0 Å². The van der Waals surface area contributed by atoms with E-state index in [9.17, 15) is 4.79 Å². The molecule has 0 saturated carbocycles. The van der Waals surface area contributed by atoms with Gasteiger partial charge in [-0.15, -0.1) is 5.10 Å². The summed E-state index contributed by atoms with van der Waals surface area (Å²) in [5, 5.41) is 17.9. The Bertz CT molecular complexity index is 1270. The van der Waals surface area contributed by atoms with Crippen LogP contribution in [0, 0.1) is 0 Å². The fraction of sp³-hybridized carbons (Fsp3) is 0.179. The van der Waals surface area contributed by atoms with E-state index >= 15 is 0 Å². The van der Waals surface area contributed by atoms with Gasteiger partial charge in [0.25, 0.3) is 0 Å². The van der Waals surface area contributed by atoms with Crippen molar-refractivity contribution in [3.8, 4) is 5.75 Å². The van der Waals surface area contributed by atoms with Crippen LogP contribution in [0.2, 0.25) is 0 Å². The summed E-state index contributed by atoms with van der Waals surface area (Å²) in [6.07, 6.45) is 5.85. The molecule has 0 bridgehead atoms. The monoisotopic (exact) mass is 451 g/mol. The molecular formula is C28H25N3O3. The molecule has 0 saturated heterocycles. The van der Waals surface area contributed by atoms with Crippen LogP contribution in [-0.4, -0.2) is 32.7 Å². The molecule has 0 amide bonds. The Kier molecular flexibility index (Phi) is 6.21. The second kappa shape index (κ2) is 9.75. The first-order chi connectivity index (χ1) is 16.7. The summed E-state index contributed by atoms with van der Waals surface area (Å²) < 4.78 is 7.38. The summed E-state index contributed by atoms with van der Waals surface area (Å²) in [5.41, 5.74) is 6.64. The maximum absolute atomic E-state index is 10.9. The first-order valence-corrected chi connectivity index (χ1v) is 11.3. The largest absolute Gasteiger partial charge is 0.482 e. The number of carboxylic acids is 1. The van der Waals surface area contributed by atoms with Gasteiger partial charge in [0.05, 0.1) is 18.2 Å². The second-order valence-electron chi connectivity index (χ2n) is 8.40. The number of hydrogen-bond donors (Lipinski definition) is 1. The van der Waals surface area contributed by atoms with Crippen molar-refractivity contribution in [3.63, 3.8) is 0 Å². The van der Waals surface area contributed by atoms with Crippen molar-refractivity contribution in [2.75, 3.05) is 6.61 Å². The molecule has 0 atom stereocenters. The lowest BCUT2D eigenvalue weighted by Gasteiger charge is -2.19. The third-order valence-electron chi connectivity index (χ3n) is 6.06. The van der Waals surface area contributed by atoms with Crippen LogP contribution in [0.5, 0.6) is 5.75 Å². The lowest BCUT2D eigenvalue weighted by atomic mass is 9.89. The number of benzene rings is 3. The van der Waals surface area contributed by atoms with Crippen LogP contribution in [-0.2, 0) is 17.8 Å². The molecule has 1 heterocycles. The van der Waals surface area contributed by atoms with Gasteiger partial charge < -0.3 is 9.84 Å². The number of allylic oxidation sites excluding steroid dienone is 1. The van der Waals surface area contributed by atoms with Gasteiger partial charge in [-0.05, 0) is 41.2 Å². The SMILES string of the molecule is O=C(O)COc1cccc2c1CCC(Cn1cc(C(c3ccccc3)c3ccccc3)nn1)=C2. The van der Waals surface area contributed by atoms with Gasteiger partial charge in [-0.25, -0.2) is 9.48 Å². The quantitative estimate of drug-likeness (QED) is 0.410. The van der Waals surface area contributed by atoms with E-state index in [1.54, 1.807) is 0 Å². The Morgan fingerprint density at radius 3 is 2.32 bits per heavy atom. The van der Waals surface area contributed by atoms with Crippen molar-refractivity contribution in [2.45, 2.75) is 25.3 Å². The molecule has 170 valence electrons. The molecule has 34 heavy (non-hydrogen) atoms. The zero-order valence-electron chi connectivity index (χ0n) is 18.7. The summed E-state index contributed by atoms with van der Waals surface area (Å²) >= 11 is 0. The molecule has 1 aromatic heterocycles. The molecule has 1 aliphatic carbocycles. The van der Waals surface area contributed by atoms with Gasteiger partial charge in [0.15, 0.2) is 6.61 Å². The topological polar surface area (TPSA) is 77.2 Å². The van der Waals surface area contributed by atoms with E-state index in [1.807, 2.05) is 41.2 Å². The third-order valence-corrected chi connectivity index (χ3v) is 6.06. The number of aliphatic carboxylic acids is 1.